The third-order valence-electron chi connectivity index (χ3n) is 1.88. The van der Waals surface area contributed by atoms with Crippen molar-refractivity contribution < 1.29 is 0 Å². The molecule has 1 heterocycles. The van der Waals surface area contributed by atoms with Crippen molar-refractivity contribution in [3.8, 4) is 0 Å². The van der Waals surface area contributed by atoms with Crippen LogP contribution in [0, 0.1) is 6.92 Å². The van der Waals surface area contributed by atoms with Gasteiger partial charge in [-0.25, -0.2) is 0 Å². The topological polar surface area (TPSA) is 16.1 Å². The highest BCUT2D eigenvalue weighted by molar-refractivity contribution is 5.50. The lowest BCUT2D eigenvalue weighted by molar-refractivity contribution is 0.957. The molecule has 1 rings (SSSR count). The van der Waals surface area contributed by atoms with Crippen LogP contribution in [-0.4, -0.2) is 18.6 Å². The molecule has 0 aromatic carbocycles. The Kier molecular flexibility index (Phi) is 2.47. The van der Waals surface area contributed by atoms with Gasteiger partial charge in [0.2, 0.25) is 0 Å². The van der Waals surface area contributed by atoms with Gasteiger partial charge in [0.25, 0.3) is 0 Å². The van der Waals surface area contributed by atoms with Crippen molar-refractivity contribution in [3.05, 3.63) is 24.0 Å². The number of hydrogen-bond acceptors (Lipinski definition) is 2. The van der Waals surface area contributed by atoms with Crippen LogP contribution in [0.5, 0.6) is 0 Å². The van der Waals surface area contributed by atoms with Crippen LogP contribution in [-0.2, 0) is 0 Å². The Morgan fingerprint density at radius 2 is 2.27 bits per heavy atom. The van der Waals surface area contributed by atoms with Gasteiger partial charge in [0.15, 0.2) is 0 Å². The highest BCUT2D eigenvalue weighted by Gasteiger charge is 1.99. The van der Waals surface area contributed by atoms with E-state index in [9.17, 15) is 0 Å². The minimum absolute atomic E-state index is 1.03. The van der Waals surface area contributed by atoms with Crippen molar-refractivity contribution in [2.75, 3.05) is 18.5 Å². The van der Waals surface area contributed by atoms with Gasteiger partial charge in [0.1, 0.15) is 0 Å². The van der Waals surface area contributed by atoms with Crippen LogP contribution < -0.4 is 4.90 Å². The van der Waals surface area contributed by atoms with E-state index in [0.717, 1.165) is 6.54 Å². The molecule has 1 aromatic rings. The van der Waals surface area contributed by atoms with E-state index in [-0.39, 0.29) is 0 Å². The number of aryl methyl sites for hydroxylation is 1. The molecule has 0 atom stereocenters. The van der Waals surface area contributed by atoms with Crippen molar-refractivity contribution in [1.29, 1.82) is 0 Å². The lowest BCUT2D eigenvalue weighted by Crippen LogP contribution is -2.16. The van der Waals surface area contributed by atoms with E-state index in [2.05, 4.69) is 30.8 Å². The van der Waals surface area contributed by atoms with Crippen molar-refractivity contribution in [3.63, 3.8) is 0 Å². The van der Waals surface area contributed by atoms with Crippen LogP contribution in [0.15, 0.2) is 18.5 Å². The van der Waals surface area contributed by atoms with Crippen molar-refractivity contribution >= 4 is 5.69 Å². The largest absolute Gasteiger partial charge is 0.375 e. The SMILES string of the molecule is CCN(C)c1ccncc1C. The number of anilines is 1. The van der Waals surface area contributed by atoms with E-state index in [4.69, 9.17) is 0 Å². The molecule has 11 heavy (non-hydrogen) atoms. The Hall–Kier alpha value is -1.05. The highest BCUT2D eigenvalue weighted by Crippen LogP contribution is 2.15. The fourth-order valence-corrected chi connectivity index (χ4v) is 1.06. The molecule has 0 aliphatic rings. The summed E-state index contributed by atoms with van der Waals surface area (Å²) in [7, 11) is 2.09. The first kappa shape index (κ1) is 8.05. The van der Waals surface area contributed by atoms with Gasteiger partial charge >= 0.3 is 0 Å². The summed E-state index contributed by atoms with van der Waals surface area (Å²) in [5.74, 6) is 0. The van der Waals surface area contributed by atoms with E-state index >= 15 is 0 Å². The summed E-state index contributed by atoms with van der Waals surface area (Å²) >= 11 is 0. The molecule has 0 unspecified atom stereocenters. The zero-order chi connectivity index (χ0) is 8.27. The minimum atomic E-state index is 1.03. The molecule has 0 fully saturated rings. The van der Waals surface area contributed by atoms with Gasteiger partial charge in [0.05, 0.1) is 0 Å². The number of pyridine rings is 1. The fourth-order valence-electron chi connectivity index (χ4n) is 1.06. The van der Waals surface area contributed by atoms with Crippen LogP contribution in [0.1, 0.15) is 12.5 Å². The van der Waals surface area contributed by atoms with Gasteiger partial charge in [-0.3, -0.25) is 4.98 Å². The Labute approximate surface area is 67.9 Å². The number of nitrogens with zero attached hydrogens (tertiary/aromatic N) is 2. The van der Waals surface area contributed by atoms with Crippen LogP contribution in [0.3, 0.4) is 0 Å². The molecule has 0 saturated carbocycles. The first-order valence-electron chi connectivity index (χ1n) is 3.87. The van der Waals surface area contributed by atoms with Crippen LogP contribution >= 0.6 is 0 Å². The average Bonchev–Trinajstić information content (AvgIpc) is 2.04. The Morgan fingerprint density at radius 3 is 2.82 bits per heavy atom. The molecular weight excluding hydrogens is 136 g/mol. The minimum Gasteiger partial charge on any atom is -0.375 e. The summed E-state index contributed by atoms with van der Waals surface area (Å²) in [5, 5.41) is 0. The van der Waals surface area contributed by atoms with Crippen LogP contribution in [0.4, 0.5) is 5.69 Å². The van der Waals surface area contributed by atoms with Crippen molar-refractivity contribution in [2.45, 2.75) is 13.8 Å². The first-order chi connectivity index (χ1) is 5.25. The van der Waals surface area contributed by atoms with E-state index < -0.39 is 0 Å². The second-order valence-corrected chi connectivity index (χ2v) is 2.68. The standard InChI is InChI=1S/C9H14N2/c1-4-11(3)9-5-6-10-7-8(9)2/h5-7H,4H2,1-3H3. The van der Waals surface area contributed by atoms with Gasteiger partial charge < -0.3 is 4.90 Å². The third kappa shape index (κ3) is 1.70. The van der Waals surface area contributed by atoms with Crippen molar-refractivity contribution in [1.82, 2.24) is 4.98 Å². The molecule has 60 valence electrons. The molecule has 0 aliphatic carbocycles. The van der Waals surface area contributed by atoms with Gasteiger partial charge in [-0.2, -0.15) is 0 Å². The molecule has 0 saturated heterocycles. The van der Waals surface area contributed by atoms with Gasteiger partial charge in [-0.05, 0) is 25.5 Å². The molecule has 0 radical (unpaired) electrons. The maximum absolute atomic E-state index is 4.03. The normalized spacial score (nSPS) is 9.73. The predicted octanol–water partition coefficient (Wildman–Crippen LogP) is 1.85. The predicted molar refractivity (Wildman–Crippen MR) is 47.9 cm³/mol. The van der Waals surface area contributed by atoms with Gasteiger partial charge in [0, 0.05) is 31.7 Å². The summed E-state index contributed by atoms with van der Waals surface area (Å²) < 4.78 is 0. The second-order valence-electron chi connectivity index (χ2n) is 2.68. The second kappa shape index (κ2) is 3.37. The smallest absolute Gasteiger partial charge is 0.0424 e. The van der Waals surface area contributed by atoms with Crippen LogP contribution in [0.25, 0.3) is 0 Å². The molecule has 0 amide bonds. The number of hydrogen-bond donors (Lipinski definition) is 0. The maximum Gasteiger partial charge on any atom is 0.0424 e. The van der Waals surface area contributed by atoms with E-state index in [1.54, 1.807) is 0 Å². The highest BCUT2D eigenvalue weighted by atomic mass is 15.1. The molecule has 2 heteroatoms. The summed E-state index contributed by atoms with van der Waals surface area (Å²) in [4.78, 5) is 6.24. The molecule has 2 nitrogen and oxygen atoms in total. The molecular formula is C9H14N2. The molecule has 0 spiro atoms. The first-order valence-corrected chi connectivity index (χ1v) is 3.87. The van der Waals surface area contributed by atoms with E-state index in [1.165, 1.54) is 11.3 Å². The summed E-state index contributed by atoms with van der Waals surface area (Å²) in [5.41, 5.74) is 2.50. The Balaban J connectivity index is 2.93. The number of aromatic nitrogens is 1. The zero-order valence-corrected chi connectivity index (χ0v) is 7.33. The van der Waals surface area contributed by atoms with E-state index in [1.807, 2.05) is 18.5 Å². The van der Waals surface area contributed by atoms with Gasteiger partial charge in [-0.1, -0.05) is 0 Å². The third-order valence-corrected chi connectivity index (χ3v) is 1.88. The number of rotatable bonds is 2. The monoisotopic (exact) mass is 150 g/mol. The Morgan fingerprint density at radius 1 is 1.55 bits per heavy atom. The van der Waals surface area contributed by atoms with Gasteiger partial charge in [-0.15, -0.1) is 0 Å². The molecule has 0 N–H and O–H groups in total. The Bertz CT molecular complexity index is 233. The molecule has 1 aromatic heterocycles. The average molecular weight is 150 g/mol. The quantitative estimate of drug-likeness (QED) is 0.639. The maximum atomic E-state index is 4.03. The molecule has 0 bridgehead atoms. The van der Waals surface area contributed by atoms with Crippen molar-refractivity contribution in [2.24, 2.45) is 0 Å². The summed E-state index contributed by atoms with van der Waals surface area (Å²) in [6.07, 6.45) is 3.72. The lowest BCUT2D eigenvalue weighted by Gasteiger charge is -2.18. The summed E-state index contributed by atoms with van der Waals surface area (Å²) in [6.45, 7) is 5.25. The summed E-state index contributed by atoms with van der Waals surface area (Å²) in [6, 6.07) is 2.04. The fraction of sp³-hybridized carbons (Fsp3) is 0.444. The van der Waals surface area contributed by atoms with Crippen LogP contribution in [0.2, 0.25) is 0 Å². The lowest BCUT2D eigenvalue weighted by atomic mass is 10.2. The van der Waals surface area contributed by atoms with E-state index in [0.29, 0.717) is 0 Å². The zero-order valence-electron chi connectivity index (χ0n) is 7.33. The molecule has 0 aliphatic heterocycles.